The highest BCUT2D eigenvalue weighted by Gasteiger charge is 2.54. The van der Waals surface area contributed by atoms with E-state index in [4.69, 9.17) is 9.47 Å². The van der Waals surface area contributed by atoms with Gasteiger partial charge in [0, 0.05) is 18.5 Å². The number of amides is 2. The van der Waals surface area contributed by atoms with E-state index in [1.54, 1.807) is 54.6 Å². The van der Waals surface area contributed by atoms with Crippen LogP contribution < -0.4 is 10.6 Å². The Kier molecular flexibility index (Phi) is 9.69. The maximum Gasteiger partial charge on any atom is 0.407 e. The zero-order chi connectivity index (χ0) is 29.4. The highest BCUT2D eigenvalue weighted by molar-refractivity contribution is 5.97. The lowest BCUT2D eigenvalue weighted by Gasteiger charge is -2.48. The van der Waals surface area contributed by atoms with Crippen LogP contribution in [-0.2, 0) is 27.2 Å². The molecule has 0 aliphatic carbocycles. The van der Waals surface area contributed by atoms with E-state index in [9.17, 15) is 29.7 Å². The normalized spacial score (nSPS) is 23.7. The second kappa shape index (κ2) is 13.4. The fraction of sp³-hybridized carbons (Fsp3) is 0.300. The minimum atomic E-state index is -2.19. The minimum Gasteiger partial charge on any atom is -0.465 e. The van der Waals surface area contributed by atoms with Gasteiger partial charge >= 0.3 is 12.1 Å². The van der Waals surface area contributed by atoms with Crippen molar-refractivity contribution >= 4 is 18.0 Å². The third kappa shape index (κ3) is 7.47. The molecule has 1 aliphatic rings. The molecule has 11 heteroatoms. The first-order chi connectivity index (χ1) is 19.7. The summed E-state index contributed by atoms with van der Waals surface area (Å²) in [5.74, 6) is -3.38. The van der Waals surface area contributed by atoms with Gasteiger partial charge in [0.15, 0.2) is 5.79 Å². The number of hydrogen-bond acceptors (Lipinski definition) is 9. The molecule has 0 aromatic heterocycles. The third-order valence-corrected chi connectivity index (χ3v) is 6.71. The fourth-order valence-corrected chi connectivity index (χ4v) is 4.58. The molecule has 1 aliphatic heterocycles. The maximum absolute atomic E-state index is 12.8. The summed E-state index contributed by atoms with van der Waals surface area (Å²) in [6.45, 7) is -0.358. The number of esters is 1. The van der Waals surface area contributed by atoms with Crippen molar-refractivity contribution in [3.05, 3.63) is 107 Å². The van der Waals surface area contributed by atoms with E-state index in [1.807, 2.05) is 6.07 Å². The SMILES string of the molecule is COC(=O)c1cccc(C(=O)NC[C@H]2O[C@@](O)(Cc3ccccc3)[C@H](NC(=O)OCc3ccccc3)[C@@H](O)[C@@H]2O)c1. The first kappa shape index (κ1) is 29.7. The number of carbonyl (C=O) groups excluding carboxylic acids is 3. The van der Waals surface area contributed by atoms with Gasteiger partial charge in [-0.1, -0.05) is 66.7 Å². The Morgan fingerprint density at radius 2 is 1.51 bits per heavy atom. The monoisotopic (exact) mass is 564 g/mol. The molecule has 5 N–H and O–H groups in total. The average Bonchev–Trinajstić information content (AvgIpc) is 3.00. The van der Waals surface area contributed by atoms with Crippen LogP contribution in [-0.4, -0.2) is 77.1 Å². The molecule has 2 amide bonds. The standard InChI is InChI=1S/C30H32N2O9/c1-39-28(36)22-14-8-13-21(15-22)27(35)31-17-23-24(33)25(34)26(30(38,41-23)16-19-9-4-2-5-10-19)32-29(37)40-18-20-11-6-3-7-12-20/h2-15,23-26,33-34,38H,16-18H2,1H3,(H,31,35)(H,32,37)/t23-,24-,25+,26-,30+/m1/s1. The number of nitrogens with one attached hydrogen (secondary N) is 2. The predicted molar refractivity (Wildman–Crippen MR) is 146 cm³/mol. The molecular formula is C30H32N2O9. The number of methoxy groups -OCH3 is 1. The lowest BCUT2D eigenvalue weighted by molar-refractivity contribution is -0.311. The molecule has 0 saturated carbocycles. The predicted octanol–water partition coefficient (Wildman–Crippen LogP) is 1.55. The summed E-state index contributed by atoms with van der Waals surface area (Å²) in [5.41, 5.74) is 1.69. The van der Waals surface area contributed by atoms with Gasteiger partial charge in [-0.05, 0) is 29.3 Å². The molecule has 0 unspecified atom stereocenters. The van der Waals surface area contributed by atoms with Crippen molar-refractivity contribution in [3.63, 3.8) is 0 Å². The van der Waals surface area contributed by atoms with Crippen LogP contribution in [0.3, 0.4) is 0 Å². The van der Waals surface area contributed by atoms with Gasteiger partial charge < -0.3 is 40.2 Å². The van der Waals surface area contributed by atoms with Crippen LogP contribution in [0.5, 0.6) is 0 Å². The molecule has 41 heavy (non-hydrogen) atoms. The van der Waals surface area contributed by atoms with E-state index < -0.39 is 48.1 Å². The molecule has 11 nitrogen and oxygen atoms in total. The second-order valence-electron chi connectivity index (χ2n) is 9.61. The molecule has 3 aromatic rings. The number of aliphatic hydroxyl groups excluding tert-OH is 2. The van der Waals surface area contributed by atoms with Crippen molar-refractivity contribution in [2.45, 2.75) is 43.2 Å². The Labute approximate surface area is 236 Å². The number of alkyl carbamates (subject to hydrolysis) is 1. The van der Waals surface area contributed by atoms with Gasteiger partial charge in [-0.3, -0.25) is 4.79 Å². The number of rotatable bonds is 9. The zero-order valence-corrected chi connectivity index (χ0v) is 22.3. The highest BCUT2D eigenvalue weighted by Crippen LogP contribution is 2.31. The van der Waals surface area contributed by atoms with E-state index in [-0.39, 0.29) is 30.7 Å². The molecule has 3 aromatic carbocycles. The van der Waals surface area contributed by atoms with E-state index in [0.29, 0.717) is 5.56 Å². The highest BCUT2D eigenvalue weighted by atomic mass is 16.6. The summed E-state index contributed by atoms with van der Waals surface area (Å²) in [4.78, 5) is 37.2. The lowest BCUT2D eigenvalue weighted by Crippen LogP contribution is -2.71. The Bertz CT molecular complexity index is 1340. The molecule has 1 saturated heterocycles. The van der Waals surface area contributed by atoms with Crippen LogP contribution in [0.25, 0.3) is 0 Å². The van der Waals surface area contributed by atoms with Gasteiger partial charge in [0.05, 0.1) is 12.7 Å². The summed E-state index contributed by atoms with van der Waals surface area (Å²) >= 11 is 0. The van der Waals surface area contributed by atoms with Crippen LogP contribution in [0.2, 0.25) is 0 Å². The summed E-state index contributed by atoms with van der Waals surface area (Å²) in [6.07, 6.45) is -5.65. The van der Waals surface area contributed by atoms with Crippen molar-refractivity contribution in [1.82, 2.24) is 10.6 Å². The van der Waals surface area contributed by atoms with Crippen LogP contribution in [0.15, 0.2) is 84.9 Å². The molecule has 4 rings (SSSR count). The number of benzene rings is 3. The van der Waals surface area contributed by atoms with Gasteiger partial charge in [0.25, 0.3) is 5.91 Å². The van der Waals surface area contributed by atoms with Gasteiger partial charge in [-0.15, -0.1) is 0 Å². The van der Waals surface area contributed by atoms with Crippen molar-refractivity contribution < 1.29 is 43.9 Å². The van der Waals surface area contributed by atoms with Crippen LogP contribution in [0, 0.1) is 0 Å². The van der Waals surface area contributed by atoms with Crippen LogP contribution >= 0.6 is 0 Å². The molecule has 1 fully saturated rings. The summed E-state index contributed by atoms with van der Waals surface area (Å²) < 4.78 is 15.8. The lowest BCUT2D eigenvalue weighted by atomic mass is 9.86. The van der Waals surface area contributed by atoms with Crippen LogP contribution in [0.1, 0.15) is 31.8 Å². The number of hydrogen-bond donors (Lipinski definition) is 5. The van der Waals surface area contributed by atoms with E-state index in [2.05, 4.69) is 15.4 Å². The summed E-state index contributed by atoms with van der Waals surface area (Å²) in [7, 11) is 1.23. The average molecular weight is 565 g/mol. The maximum atomic E-state index is 12.8. The van der Waals surface area contributed by atoms with Gasteiger partial charge in [-0.25, -0.2) is 9.59 Å². The van der Waals surface area contributed by atoms with Crippen molar-refractivity contribution in [2.24, 2.45) is 0 Å². The Morgan fingerprint density at radius 1 is 0.878 bits per heavy atom. The first-order valence-corrected chi connectivity index (χ1v) is 12.9. The Morgan fingerprint density at radius 3 is 2.17 bits per heavy atom. The molecule has 5 atom stereocenters. The zero-order valence-electron chi connectivity index (χ0n) is 22.3. The number of carbonyl (C=O) groups is 3. The Balaban J connectivity index is 1.48. The van der Waals surface area contributed by atoms with Crippen molar-refractivity contribution in [1.29, 1.82) is 0 Å². The first-order valence-electron chi connectivity index (χ1n) is 12.9. The number of aliphatic hydroxyl groups is 3. The van der Waals surface area contributed by atoms with Crippen LogP contribution in [0.4, 0.5) is 4.79 Å². The Hall–Kier alpha value is -4.29. The largest absolute Gasteiger partial charge is 0.465 e. The molecule has 216 valence electrons. The quantitative estimate of drug-likeness (QED) is 0.243. The molecule has 1 heterocycles. The minimum absolute atomic E-state index is 0.0537. The smallest absolute Gasteiger partial charge is 0.407 e. The molecule has 0 bridgehead atoms. The van der Waals surface area contributed by atoms with Crippen molar-refractivity contribution in [2.75, 3.05) is 13.7 Å². The molecule has 0 spiro atoms. The fourth-order valence-electron chi connectivity index (χ4n) is 4.58. The molecular weight excluding hydrogens is 532 g/mol. The van der Waals surface area contributed by atoms with Gasteiger partial charge in [-0.2, -0.15) is 0 Å². The third-order valence-electron chi connectivity index (χ3n) is 6.71. The summed E-state index contributed by atoms with van der Waals surface area (Å²) in [5, 5.41) is 38.6. The topological polar surface area (TPSA) is 164 Å². The number of ether oxygens (including phenoxy) is 3. The molecule has 0 radical (unpaired) electrons. The van der Waals surface area contributed by atoms with E-state index >= 15 is 0 Å². The van der Waals surface area contributed by atoms with E-state index in [0.717, 1.165) is 5.56 Å². The van der Waals surface area contributed by atoms with Crippen molar-refractivity contribution in [3.8, 4) is 0 Å². The summed E-state index contributed by atoms with van der Waals surface area (Å²) in [6, 6.07) is 22.1. The second-order valence-corrected chi connectivity index (χ2v) is 9.61. The van der Waals surface area contributed by atoms with Gasteiger partial charge in [0.1, 0.15) is 31.0 Å². The van der Waals surface area contributed by atoms with E-state index in [1.165, 1.54) is 31.4 Å². The van der Waals surface area contributed by atoms with Gasteiger partial charge in [0.2, 0.25) is 0 Å².